The van der Waals surface area contributed by atoms with Crippen LogP contribution in [0, 0.1) is 0 Å². The quantitative estimate of drug-likeness (QED) is 0.253. The zero-order valence-electron chi connectivity index (χ0n) is 19.6. The van der Waals surface area contributed by atoms with Crippen LogP contribution >= 0.6 is 0 Å². The molecule has 2 heteroatoms. The fourth-order valence-electron chi connectivity index (χ4n) is 4.53. The lowest BCUT2D eigenvalue weighted by Crippen LogP contribution is -1.98. The highest BCUT2D eigenvalue weighted by Crippen LogP contribution is 2.42. The second-order valence-electron chi connectivity index (χ2n) is 8.16. The monoisotopic (exact) mass is 444 g/mol. The second kappa shape index (κ2) is 9.84. The Labute approximate surface area is 200 Å². The van der Waals surface area contributed by atoms with Gasteiger partial charge in [-0.15, -0.1) is 0 Å². The first-order valence-corrected chi connectivity index (χ1v) is 11.9. The number of benzene rings is 6. The van der Waals surface area contributed by atoms with E-state index in [4.69, 9.17) is 9.47 Å². The van der Waals surface area contributed by atoms with Crippen molar-refractivity contribution < 1.29 is 9.47 Å². The molecule has 0 unspecified atom stereocenters. The third kappa shape index (κ3) is 4.15. The zero-order chi connectivity index (χ0) is 23.3. The smallest absolute Gasteiger partial charge is 0.135 e. The standard InChI is InChI=1S/C18H18O2.C14H10/c1-3-19-17-13-9-5-7-11-15(13)18(20-4-2)16-12-8-6-10-14(16)17;1-2-6-12-10-14-8-4-3-7-13(14)9-11(12)5-1/h5-12H,3-4H2,1-2H3;1-10H. The van der Waals surface area contributed by atoms with Crippen molar-refractivity contribution in [2.24, 2.45) is 0 Å². The average molecular weight is 445 g/mol. The maximum Gasteiger partial charge on any atom is 0.135 e. The SMILES string of the molecule is CCOc1c2ccccc2c(OCC)c2ccccc12.c1ccc2cc3ccccc3cc2c1. The van der Waals surface area contributed by atoms with Crippen LogP contribution in [0.1, 0.15) is 13.8 Å². The molecule has 0 bridgehead atoms. The van der Waals surface area contributed by atoms with E-state index < -0.39 is 0 Å². The molecular formula is C32H28O2. The maximum absolute atomic E-state index is 5.91. The molecule has 0 aliphatic carbocycles. The first-order valence-electron chi connectivity index (χ1n) is 11.9. The Hall–Kier alpha value is -4.04. The van der Waals surface area contributed by atoms with Crippen LogP contribution in [0.25, 0.3) is 43.1 Å². The van der Waals surface area contributed by atoms with Crippen LogP contribution in [0.5, 0.6) is 11.5 Å². The van der Waals surface area contributed by atoms with Crippen molar-refractivity contribution in [3.05, 3.63) is 109 Å². The van der Waals surface area contributed by atoms with E-state index in [-0.39, 0.29) is 0 Å². The Kier molecular flexibility index (Phi) is 6.31. The van der Waals surface area contributed by atoms with Crippen molar-refractivity contribution in [3.8, 4) is 11.5 Å². The predicted molar refractivity (Wildman–Crippen MR) is 145 cm³/mol. The molecule has 0 amide bonds. The number of fused-ring (bicyclic) bond motifs is 4. The van der Waals surface area contributed by atoms with E-state index in [2.05, 4.69) is 84.9 Å². The summed E-state index contributed by atoms with van der Waals surface area (Å²) in [4.78, 5) is 0. The largest absolute Gasteiger partial charge is 0.493 e. The lowest BCUT2D eigenvalue weighted by molar-refractivity contribution is 0.342. The first kappa shape index (κ1) is 21.8. The highest BCUT2D eigenvalue weighted by atomic mass is 16.5. The third-order valence-electron chi connectivity index (χ3n) is 6.02. The van der Waals surface area contributed by atoms with Crippen LogP contribution in [-0.4, -0.2) is 13.2 Å². The Bertz CT molecular complexity index is 1360. The van der Waals surface area contributed by atoms with Gasteiger partial charge in [-0.3, -0.25) is 0 Å². The third-order valence-corrected chi connectivity index (χ3v) is 6.02. The van der Waals surface area contributed by atoms with Crippen LogP contribution in [0.3, 0.4) is 0 Å². The van der Waals surface area contributed by atoms with Gasteiger partial charge in [-0.1, -0.05) is 97.1 Å². The normalized spacial score (nSPS) is 10.9. The van der Waals surface area contributed by atoms with E-state index in [0.29, 0.717) is 13.2 Å². The van der Waals surface area contributed by atoms with E-state index in [1.54, 1.807) is 0 Å². The van der Waals surface area contributed by atoms with Crippen molar-refractivity contribution in [2.45, 2.75) is 13.8 Å². The summed E-state index contributed by atoms with van der Waals surface area (Å²) in [6, 6.07) is 37.9. The summed E-state index contributed by atoms with van der Waals surface area (Å²) in [7, 11) is 0. The van der Waals surface area contributed by atoms with Crippen LogP contribution in [-0.2, 0) is 0 Å². The van der Waals surface area contributed by atoms with E-state index in [0.717, 1.165) is 33.0 Å². The van der Waals surface area contributed by atoms with Crippen LogP contribution in [0.4, 0.5) is 0 Å². The van der Waals surface area contributed by atoms with Crippen molar-refractivity contribution in [1.29, 1.82) is 0 Å². The van der Waals surface area contributed by atoms with Crippen LogP contribution < -0.4 is 9.47 Å². The van der Waals surface area contributed by atoms with E-state index in [1.165, 1.54) is 21.5 Å². The molecule has 6 aromatic rings. The average Bonchev–Trinajstić information content (AvgIpc) is 2.89. The highest BCUT2D eigenvalue weighted by molar-refractivity contribution is 6.11. The zero-order valence-corrected chi connectivity index (χ0v) is 19.6. The molecule has 0 saturated heterocycles. The number of ether oxygens (including phenoxy) is 2. The molecule has 0 radical (unpaired) electrons. The molecule has 0 spiro atoms. The van der Waals surface area contributed by atoms with E-state index in [1.807, 2.05) is 38.1 Å². The summed E-state index contributed by atoms with van der Waals surface area (Å²) in [5, 5.41) is 9.68. The van der Waals surface area contributed by atoms with Gasteiger partial charge in [0.1, 0.15) is 11.5 Å². The van der Waals surface area contributed by atoms with Crippen molar-refractivity contribution in [3.63, 3.8) is 0 Å². The summed E-state index contributed by atoms with van der Waals surface area (Å²) in [5.41, 5.74) is 0. The molecule has 0 aliphatic rings. The molecule has 0 N–H and O–H groups in total. The minimum atomic E-state index is 0.655. The lowest BCUT2D eigenvalue weighted by Gasteiger charge is -2.16. The number of hydrogen-bond donors (Lipinski definition) is 0. The van der Waals surface area contributed by atoms with Crippen molar-refractivity contribution >= 4 is 43.1 Å². The molecule has 34 heavy (non-hydrogen) atoms. The fourth-order valence-corrected chi connectivity index (χ4v) is 4.53. The highest BCUT2D eigenvalue weighted by Gasteiger charge is 2.14. The Morgan fingerprint density at radius 1 is 0.412 bits per heavy atom. The van der Waals surface area contributed by atoms with E-state index >= 15 is 0 Å². The fraction of sp³-hybridized carbons (Fsp3) is 0.125. The predicted octanol–water partition coefficient (Wildman–Crippen LogP) is 8.78. The summed E-state index contributed by atoms with van der Waals surface area (Å²) in [6.45, 7) is 5.34. The van der Waals surface area contributed by atoms with Gasteiger partial charge in [0, 0.05) is 21.5 Å². The number of rotatable bonds is 4. The van der Waals surface area contributed by atoms with Crippen molar-refractivity contribution in [2.75, 3.05) is 13.2 Å². The van der Waals surface area contributed by atoms with Gasteiger partial charge < -0.3 is 9.47 Å². The lowest BCUT2D eigenvalue weighted by atomic mass is 10.0. The van der Waals surface area contributed by atoms with Gasteiger partial charge in [-0.05, 0) is 47.5 Å². The van der Waals surface area contributed by atoms with Gasteiger partial charge in [0.15, 0.2) is 0 Å². The first-order chi connectivity index (χ1) is 16.8. The molecule has 6 aromatic carbocycles. The van der Waals surface area contributed by atoms with Gasteiger partial charge in [0.2, 0.25) is 0 Å². The Balaban J connectivity index is 0.000000150. The van der Waals surface area contributed by atoms with Gasteiger partial charge in [0.25, 0.3) is 0 Å². The molecule has 0 aliphatic heterocycles. The van der Waals surface area contributed by atoms with Crippen molar-refractivity contribution in [1.82, 2.24) is 0 Å². The van der Waals surface area contributed by atoms with Gasteiger partial charge in [-0.2, -0.15) is 0 Å². The molecular weight excluding hydrogens is 416 g/mol. The maximum atomic E-state index is 5.91. The summed E-state index contributed by atoms with van der Waals surface area (Å²) in [5.74, 6) is 1.89. The summed E-state index contributed by atoms with van der Waals surface area (Å²) in [6.07, 6.45) is 0. The molecule has 6 rings (SSSR count). The molecule has 0 fully saturated rings. The van der Waals surface area contributed by atoms with E-state index in [9.17, 15) is 0 Å². The number of hydrogen-bond acceptors (Lipinski definition) is 2. The topological polar surface area (TPSA) is 18.5 Å². The Morgan fingerprint density at radius 3 is 0.941 bits per heavy atom. The molecule has 0 saturated carbocycles. The molecule has 0 atom stereocenters. The molecule has 0 aromatic heterocycles. The summed E-state index contributed by atoms with van der Waals surface area (Å²) >= 11 is 0. The minimum Gasteiger partial charge on any atom is -0.493 e. The minimum absolute atomic E-state index is 0.655. The second-order valence-corrected chi connectivity index (χ2v) is 8.16. The molecule has 0 heterocycles. The van der Waals surface area contributed by atoms with Gasteiger partial charge >= 0.3 is 0 Å². The molecule has 168 valence electrons. The van der Waals surface area contributed by atoms with Crippen LogP contribution in [0.2, 0.25) is 0 Å². The van der Waals surface area contributed by atoms with Gasteiger partial charge in [-0.25, -0.2) is 0 Å². The Morgan fingerprint density at radius 2 is 0.676 bits per heavy atom. The molecule has 2 nitrogen and oxygen atoms in total. The van der Waals surface area contributed by atoms with Crippen LogP contribution in [0.15, 0.2) is 109 Å². The summed E-state index contributed by atoms with van der Waals surface area (Å²) < 4.78 is 11.8. The van der Waals surface area contributed by atoms with Gasteiger partial charge in [0.05, 0.1) is 13.2 Å².